The van der Waals surface area contributed by atoms with E-state index in [1.165, 1.54) is 0 Å². The quantitative estimate of drug-likeness (QED) is 0.771. The molecule has 3 rings (SSSR count). The minimum Gasteiger partial charge on any atom is -0.329 e. The van der Waals surface area contributed by atoms with E-state index in [9.17, 15) is 4.79 Å². The van der Waals surface area contributed by atoms with Crippen molar-refractivity contribution in [1.82, 2.24) is 10.2 Å². The zero-order valence-electron chi connectivity index (χ0n) is 7.83. The Bertz CT molecular complexity index is 484. The van der Waals surface area contributed by atoms with Crippen molar-refractivity contribution >= 4 is 33.5 Å². The third-order valence-corrected chi connectivity index (χ3v) is 3.30. The number of fused-ring (bicyclic) bond motifs is 2. The average molecular weight is 266 g/mol. The van der Waals surface area contributed by atoms with Gasteiger partial charge >= 0.3 is 0 Å². The van der Waals surface area contributed by atoms with Crippen LogP contribution in [-0.4, -0.2) is 23.3 Å². The number of hydrogen-bond acceptors (Lipinski definition) is 3. The number of nitrogens with one attached hydrogen (secondary N) is 1. The maximum atomic E-state index is 11.2. The molecule has 1 fully saturated rings. The van der Waals surface area contributed by atoms with E-state index in [0.29, 0.717) is 12.5 Å². The Morgan fingerprint density at radius 1 is 1.40 bits per heavy atom. The number of benzene rings is 1. The molecule has 15 heavy (non-hydrogen) atoms. The van der Waals surface area contributed by atoms with E-state index >= 15 is 0 Å². The minimum absolute atomic E-state index is 0.0117. The fourth-order valence-electron chi connectivity index (χ4n) is 1.83. The van der Waals surface area contributed by atoms with Gasteiger partial charge in [0.1, 0.15) is 6.54 Å². The number of nitrogens with zero attached hydrogens (tertiary/aromatic N) is 2. The van der Waals surface area contributed by atoms with E-state index in [1.807, 2.05) is 23.1 Å². The molecule has 4 nitrogen and oxygen atoms in total. The lowest BCUT2D eigenvalue weighted by atomic mass is 10.1. The van der Waals surface area contributed by atoms with Gasteiger partial charge in [-0.25, -0.2) is 4.99 Å². The van der Waals surface area contributed by atoms with Gasteiger partial charge < -0.3 is 4.90 Å². The van der Waals surface area contributed by atoms with Crippen molar-refractivity contribution < 1.29 is 4.79 Å². The molecule has 1 aromatic rings. The topological polar surface area (TPSA) is 44.7 Å². The summed E-state index contributed by atoms with van der Waals surface area (Å²) in [6.45, 7) is 1.13. The fraction of sp³-hybridized carbons (Fsp3) is 0.200. The van der Waals surface area contributed by atoms with Crippen LogP contribution >= 0.6 is 15.9 Å². The molecule has 0 aliphatic carbocycles. The molecule has 2 aliphatic heterocycles. The van der Waals surface area contributed by atoms with Crippen LogP contribution in [0.1, 0.15) is 5.56 Å². The zero-order valence-corrected chi connectivity index (χ0v) is 9.41. The van der Waals surface area contributed by atoms with E-state index in [0.717, 1.165) is 22.3 Å². The highest BCUT2D eigenvalue weighted by Gasteiger charge is 2.29. The first kappa shape index (κ1) is 8.91. The lowest BCUT2D eigenvalue weighted by molar-refractivity contribution is -0.118. The highest BCUT2D eigenvalue weighted by molar-refractivity contribution is 9.10. The first-order valence-electron chi connectivity index (χ1n) is 4.65. The van der Waals surface area contributed by atoms with Crippen molar-refractivity contribution in [3.63, 3.8) is 0 Å². The fourth-order valence-corrected chi connectivity index (χ4v) is 2.32. The molecule has 0 saturated carbocycles. The van der Waals surface area contributed by atoms with Gasteiger partial charge in [-0.2, -0.15) is 0 Å². The number of guanidine groups is 1. The first-order chi connectivity index (χ1) is 7.24. The van der Waals surface area contributed by atoms with Crippen LogP contribution in [-0.2, 0) is 11.3 Å². The third kappa shape index (κ3) is 1.34. The van der Waals surface area contributed by atoms with E-state index < -0.39 is 0 Å². The molecule has 0 unspecified atom stereocenters. The van der Waals surface area contributed by atoms with E-state index in [4.69, 9.17) is 0 Å². The summed E-state index contributed by atoms with van der Waals surface area (Å²) in [4.78, 5) is 17.5. The van der Waals surface area contributed by atoms with Crippen LogP contribution in [0.3, 0.4) is 0 Å². The van der Waals surface area contributed by atoms with Crippen LogP contribution in [0.4, 0.5) is 5.69 Å². The van der Waals surface area contributed by atoms with Crippen molar-refractivity contribution in [1.29, 1.82) is 0 Å². The smallest absolute Gasteiger partial charge is 0.246 e. The van der Waals surface area contributed by atoms with Crippen molar-refractivity contribution in [2.24, 2.45) is 4.99 Å². The molecule has 1 amide bonds. The number of aliphatic imine (C=N–C) groups is 1. The summed E-state index contributed by atoms with van der Waals surface area (Å²) in [6.07, 6.45) is 0. The molecule has 2 aliphatic rings. The first-order valence-corrected chi connectivity index (χ1v) is 5.44. The predicted octanol–water partition coefficient (Wildman–Crippen LogP) is 1.38. The van der Waals surface area contributed by atoms with Crippen LogP contribution in [0, 0.1) is 0 Å². The standard InChI is InChI=1S/C10H8BrN3O/c11-7-2-1-3-8-6(7)4-14-5-9(15)13-10(14)12-8/h1-3H,4-5H2,(H,12,13,15). The van der Waals surface area contributed by atoms with E-state index in [1.54, 1.807) is 0 Å². The summed E-state index contributed by atoms with van der Waals surface area (Å²) in [5, 5.41) is 2.74. The number of halogens is 1. The highest BCUT2D eigenvalue weighted by Crippen LogP contribution is 2.32. The summed E-state index contributed by atoms with van der Waals surface area (Å²) < 4.78 is 1.04. The molecule has 1 saturated heterocycles. The van der Waals surface area contributed by atoms with Crippen LogP contribution in [0.5, 0.6) is 0 Å². The van der Waals surface area contributed by atoms with Gasteiger partial charge in [0.25, 0.3) is 0 Å². The van der Waals surface area contributed by atoms with Gasteiger partial charge in [-0.3, -0.25) is 10.1 Å². The Kier molecular flexibility index (Phi) is 1.82. The lowest BCUT2D eigenvalue weighted by Gasteiger charge is -2.23. The molecule has 5 heteroatoms. The second-order valence-corrected chi connectivity index (χ2v) is 4.43. The van der Waals surface area contributed by atoms with Gasteiger partial charge in [0, 0.05) is 16.6 Å². The molecule has 0 radical (unpaired) electrons. The number of carbonyl (C=O) groups is 1. The van der Waals surface area contributed by atoms with Crippen LogP contribution in [0.15, 0.2) is 27.7 Å². The summed E-state index contributed by atoms with van der Waals surface area (Å²) in [5.41, 5.74) is 2.07. The number of carbonyl (C=O) groups excluding carboxylic acids is 1. The van der Waals surface area contributed by atoms with Crippen LogP contribution in [0.2, 0.25) is 0 Å². The molecular weight excluding hydrogens is 258 g/mol. The van der Waals surface area contributed by atoms with Crippen LogP contribution in [0.25, 0.3) is 0 Å². The number of hydrogen-bond donors (Lipinski definition) is 1. The molecule has 0 spiro atoms. The van der Waals surface area contributed by atoms with Gasteiger partial charge in [0.05, 0.1) is 5.69 Å². The molecule has 0 atom stereocenters. The van der Waals surface area contributed by atoms with Gasteiger partial charge in [-0.05, 0) is 12.1 Å². The lowest BCUT2D eigenvalue weighted by Crippen LogP contribution is -2.32. The Morgan fingerprint density at radius 3 is 3.13 bits per heavy atom. The predicted molar refractivity (Wildman–Crippen MR) is 59.8 cm³/mol. The second kappa shape index (κ2) is 3.06. The molecular formula is C10H8BrN3O. The average Bonchev–Trinajstić information content (AvgIpc) is 2.55. The van der Waals surface area contributed by atoms with Crippen molar-refractivity contribution in [3.8, 4) is 0 Å². The summed E-state index contributed by atoms with van der Waals surface area (Å²) >= 11 is 3.49. The molecule has 2 heterocycles. The van der Waals surface area contributed by atoms with Crippen molar-refractivity contribution in [2.75, 3.05) is 6.54 Å². The Balaban J connectivity index is 2.10. The van der Waals surface area contributed by atoms with Crippen molar-refractivity contribution in [2.45, 2.75) is 6.54 Å². The Morgan fingerprint density at radius 2 is 2.27 bits per heavy atom. The van der Waals surface area contributed by atoms with Crippen LogP contribution < -0.4 is 5.32 Å². The zero-order chi connectivity index (χ0) is 10.4. The normalized spacial score (nSPS) is 18.1. The molecule has 0 bridgehead atoms. The molecule has 1 N–H and O–H groups in total. The Hall–Kier alpha value is -1.36. The monoisotopic (exact) mass is 265 g/mol. The summed E-state index contributed by atoms with van der Waals surface area (Å²) in [7, 11) is 0. The molecule has 76 valence electrons. The maximum absolute atomic E-state index is 11.2. The van der Waals surface area contributed by atoms with E-state index in [-0.39, 0.29) is 5.91 Å². The number of amides is 1. The van der Waals surface area contributed by atoms with Gasteiger partial charge in [-0.1, -0.05) is 22.0 Å². The van der Waals surface area contributed by atoms with E-state index in [2.05, 4.69) is 26.2 Å². The number of rotatable bonds is 0. The largest absolute Gasteiger partial charge is 0.329 e. The maximum Gasteiger partial charge on any atom is 0.246 e. The highest BCUT2D eigenvalue weighted by atomic mass is 79.9. The summed E-state index contributed by atoms with van der Waals surface area (Å²) in [5.74, 6) is 0.684. The molecule has 1 aromatic carbocycles. The Labute approximate surface area is 95.1 Å². The minimum atomic E-state index is 0.0117. The SMILES string of the molecule is O=C1CN2Cc3c(Br)cccc3N=C2N1. The van der Waals surface area contributed by atoms with Gasteiger partial charge in [0.15, 0.2) is 0 Å². The summed E-state index contributed by atoms with van der Waals surface area (Å²) in [6, 6.07) is 5.89. The van der Waals surface area contributed by atoms with Gasteiger partial charge in [-0.15, -0.1) is 0 Å². The molecule has 0 aromatic heterocycles. The van der Waals surface area contributed by atoms with Gasteiger partial charge in [0.2, 0.25) is 11.9 Å². The van der Waals surface area contributed by atoms with Crippen molar-refractivity contribution in [3.05, 3.63) is 28.2 Å². The second-order valence-electron chi connectivity index (χ2n) is 3.58. The third-order valence-electron chi connectivity index (χ3n) is 2.55.